The molecule has 1 atom stereocenters. The third-order valence-corrected chi connectivity index (χ3v) is 4.31. The molecule has 0 saturated heterocycles. The predicted molar refractivity (Wildman–Crippen MR) is 95.1 cm³/mol. The summed E-state index contributed by atoms with van der Waals surface area (Å²) < 4.78 is 2.20. The lowest BCUT2D eigenvalue weighted by Crippen LogP contribution is -2.21. The zero-order valence-electron chi connectivity index (χ0n) is 12.8. The number of para-hydroxylation sites is 1. The van der Waals surface area contributed by atoms with E-state index in [1.165, 1.54) is 11.3 Å². The number of aromatic carboxylic acids is 1. The topological polar surface area (TPSA) is 54.3 Å². The molecule has 122 valence electrons. The number of halogens is 1. The van der Waals surface area contributed by atoms with Crippen LogP contribution in [0.4, 0.5) is 0 Å². The Bertz CT molecular complexity index is 871. The van der Waals surface area contributed by atoms with Crippen LogP contribution in [0.15, 0.2) is 66.9 Å². The Balaban J connectivity index is 0.00000169. The summed E-state index contributed by atoms with van der Waals surface area (Å²) in [6, 6.07) is 19.6. The minimum Gasteiger partial charge on any atom is -0.478 e. The fraction of sp³-hybridized carbons (Fsp3) is 0.105. The van der Waals surface area contributed by atoms with E-state index in [2.05, 4.69) is 34.3 Å². The average Bonchev–Trinajstić information content (AvgIpc) is 2.99. The van der Waals surface area contributed by atoms with Gasteiger partial charge in [-0.1, -0.05) is 30.3 Å². The second-order valence-electron chi connectivity index (χ2n) is 5.67. The molecule has 24 heavy (non-hydrogen) atoms. The van der Waals surface area contributed by atoms with Crippen LogP contribution in [0.1, 0.15) is 33.2 Å². The van der Waals surface area contributed by atoms with Crippen LogP contribution >= 0.6 is 12.4 Å². The smallest absolute Gasteiger partial charge is 0.335 e. The van der Waals surface area contributed by atoms with E-state index in [1.807, 2.05) is 30.3 Å². The second-order valence-corrected chi connectivity index (χ2v) is 5.67. The molecule has 1 aliphatic heterocycles. The molecular weight excluding hydrogens is 324 g/mol. The third kappa shape index (κ3) is 2.70. The Labute approximate surface area is 146 Å². The van der Waals surface area contributed by atoms with Crippen LogP contribution in [0.3, 0.4) is 0 Å². The van der Waals surface area contributed by atoms with Gasteiger partial charge in [0, 0.05) is 24.1 Å². The number of hydrogen-bond donors (Lipinski definition) is 2. The van der Waals surface area contributed by atoms with Crippen molar-refractivity contribution in [2.45, 2.75) is 12.6 Å². The van der Waals surface area contributed by atoms with E-state index in [-0.39, 0.29) is 18.4 Å². The third-order valence-electron chi connectivity index (χ3n) is 4.31. The molecular formula is C19H17ClN2O2. The van der Waals surface area contributed by atoms with Gasteiger partial charge < -0.3 is 15.0 Å². The Morgan fingerprint density at radius 1 is 1.04 bits per heavy atom. The highest BCUT2D eigenvalue weighted by Crippen LogP contribution is 2.30. The molecule has 5 heteroatoms. The molecule has 4 rings (SSSR count). The Morgan fingerprint density at radius 3 is 2.54 bits per heavy atom. The van der Waals surface area contributed by atoms with Crippen LogP contribution in [-0.2, 0) is 6.54 Å². The van der Waals surface area contributed by atoms with E-state index >= 15 is 0 Å². The van der Waals surface area contributed by atoms with Crippen LogP contribution in [0, 0.1) is 0 Å². The lowest BCUT2D eigenvalue weighted by molar-refractivity contribution is 0.0697. The lowest BCUT2D eigenvalue weighted by Gasteiger charge is -2.18. The maximum absolute atomic E-state index is 11.0. The van der Waals surface area contributed by atoms with E-state index in [0.717, 1.165) is 17.8 Å². The Kier molecular flexibility index (Phi) is 4.42. The highest BCUT2D eigenvalue weighted by atomic mass is 35.5. The van der Waals surface area contributed by atoms with Gasteiger partial charge in [-0.2, -0.15) is 0 Å². The molecule has 0 radical (unpaired) electrons. The van der Waals surface area contributed by atoms with Gasteiger partial charge in [0.1, 0.15) is 0 Å². The van der Waals surface area contributed by atoms with Crippen LogP contribution in [0.2, 0.25) is 0 Å². The molecule has 0 fully saturated rings. The van der Waals surface area contributed by atoms with Gasteiger partial charge in [-0.05, 0) is 41.5 Å². The van der Waals surface area contributed by atoms with Gasteiger partial charge in [-0.15, -0.1) is 12.4 Å². The van der Waals surface area contributed by atoms with Crippen LogP contribution < -0.4 is 5.32 Å². The summed E-state index contributed by atoms with van der Waals surface area (Å²) in [5.74, 6) is -0.902. The highest BCUT2D eigenvalue weighted by molar-refractivity contribution is 5.87. The van der Waals surface area contributed by atoms with Crippen molar-refractivity contribution < 1.29 is 9.90 Å². The van der Waals surface area contributed by atoms with Crippen molar-refractivity contribution in [1.29, 1.82) is 0 Å². The number of carbonyl (C=O) groups is 1. The summed E-state index contributed by atoms with van der Waals surface area (Å²) in [4.78, 5) is 11.0. The Morgan fingerprint density at radius 2 is 1.79 bits per heavy atom. The molecule has 0 spiro atoms. The normalized spacial score (nSPS) is 15.6. The first kappa shape index (κ1) is 16.3. The van der Waals surface area contributed by atoms with Crippen molar-refractivity contribution in [3.63, 3.8) is 0 Å². The number of rotatable bonds is 2. The molecule has 1 unspecified atom stereocenters. The number of benzene rings is 2. The molecule has 2 heterocycles. The fourth-order valence-corrected chi connectivity index (χ4v) is 3.17. The summed E-state index contributed by atoms with van der Waals surface area (Å²) in [6.45, 7) is 0.767. The number of carboxylic acid groups (broad SMARTS) is 1. The minimum atomic E-state index is -0.902. The number of nitrogens with zero attached hydrogens (tertiary/aromatic N) is 1. The van der Waals surface area contributed by atoms with Gasteiger partial charge >= 0.3 is 5.97 Å². The van der Waals surface area contributed by atoms with Gasteiger partial charge in [0.05, 0.1) is 11.6 Å². The van der Waals surface area contributed by atoms with E-state index < -0.39 is 5.97 Å². The molecule has 2 aromatic carbocycles. The predicted octanol–water partition coefficient (Wildman–Crippen LogP) is 3.79. The van der Waals surface area contributed by atoms with Crippen molar-refractivity contribution >= 4 is 18.4 Å². The fourth-order valence-electron chi connectivity index (χ4n) is 3.17. The van der Waals surface area contributed by atoms with Crippen molar-refractivity contribution in [3.05, 3.63) is 89.2 Å². The van der Waals surface area contributed by atoms with E-state index in [0.29, 0.717) is 5.56 Å². The SMILES string of the molecule is Cl.O=C(O)c1ccc(C2NCc3ccccc3-n3cccc32)cc1. The molecule has 4 nitrogen and oxygen atoms in total. The van der Waals surface area contributed by atoms with Crippen molar-refractivity contribution in [2.24, 2.45) is 0 Å². The summed E-state index contributed by atoms with van der Waals surface area (Å²) in [6.07, 6.45) is 2.07. The number of fused-ring (bicyclic) bond motifs is 3. The number of hydrogen-bond acceptors (Lipinski definition) is 2. The maximum Gasteiger partial charge on any atom is 0.335 e. The van der Waals surface area contributed by atoms with Gasteiger partial charge in [0.25, 0.3) is 0 Å². The standard InChI is InChI=1S/C19H16N2O2.ClH/c22-19(23)14-9-7-13(8-10-14)18-17-6-3-11-21(17)16-5-2-1-4-15(16)12-20-18;/h1-11,18,20H,12H2,(H,22,23);1H. The van der Waals surface area contributed by atoms with E-state index in [4.69, 9.17) is 5.11 Å². The number of aromatic nitrogens is 1. The first-order valence-corrected chi connectivity index (χ1v) is 7.56. The summed E-state index contributed by atoms with van der Waals surface area (Å²) in [5, 5.41) is 12.6. The summed E-state index contributed by atoms with van der Waals surface area (Å²) >= 11 is 0. The summed E-state index contributed by atoms with van der Waals surface area (Å²) in [5.41, 5.74) is 4.95. The first-order valence-electron chi connectivity index (χ1n) is 7.56. The van der Waals surface area contributed by atoms with Crippen LogP contribution in [0.5, 0.6) is 0 Å². The number of nitrogens with one attached hydrogen (secondary N) is 1. The number of carboxylic acids is 1. The monoisotopic (exact) mass is 340 g/mol. The average molecular weight is 341 g/mol. The minimum absolute atomic E-state index is 0. The van der Waals surface area contributed by atoms with Gasteiger partial charge in [0.15, 0.2) is 0 Å². The van der Waals surface area contributed by atoms with Gasteiger partial charge in [0.2, 0.25) is 0 Å². The van der Waals surface area contributed by atoms with Crippen molar-refractivity contribution in [1.82, 2.24) is 9.88 Å². The van der Waals surface area contributed by atoms with Crippen LogP contribution in [0.25, 0.3) is 5.69 Å². The molecule has 0 bridgehead atoms. The van der Waals surface area contributed by atoms with E-state index in [9.17, 15) is 4.79 Å². The summed E-state index contributed by atoms with van der Waals surface area (Å²) in [7, 11) is 0. The van der Waals surface area contributed by atoms with Gasteiger partial charge in [-0.25, -0.2) is 4.79 Å². The molecule has 2 N–H and O–H groups in total. The molecule has 0 saturated carbocycles. The molecule has 0 aliphatic carbocycles. The molecule has 0 amide bonds. The lowest BCUT2D eigenvalue weighted by atomic mass is 10.0. The molecule has 1 aromatic heterocycles. The van der Waals surface area contributed by atoms with Crippen molar-refractivity contribution in [3.8, 4) is 5.69 Å². The van der Waals surface area contributed by atoms with Crippen LogP contribution in [-0.4, -0.2) is 15.6 Å². The largest absolute Gasteiger partial charge is 0.478 e. The molecule has 3 aromatic rings. The van der Waals surface area contributed by atoms with Gasteiger partial charge in [-0.3, -0.25) is 0 Å². The molecule has 1 aliphatic rings. The highest BCUT2D eigenvalue weighted by Gasteiger charge is 2.22. The van der Waals surface area contributed by atoms with E-state index in [1.54, 1.807) is 12.1 Å². The zero-order chi connectivity index (χ0) is 15.8. The van der Waals surface area contributed by atoms with Crippen molar-refractivity contribution in [2.75, 3.05) is 0 Å². The first-order chi connectivity index (χ1) is 11.2. The quantitative estimate of drug-likeness (QED) is 0.746. The Hall–Kier alpha value is -2.56. The maximum atomic E-state index is 11.0. The zero-order valence-corrected chi connectivity index (χ0v) is 13.7. The second kappa shape index (κ2) is 6.51.